The summed E-state index contributed by atoms with van der Waals surface area (Å²) in [7, 11) is 1.70. The molecule has 0 spiro atoms. The molecule has 1 aromatic rings. The van der Waals surface area contributed by atoms with E-state index < -0.39 is 0 Å². The zero-order chi connectivity index (χ0) is 8.27. The van der Waals surface area contributed by atoms with Crippen LogP contribution in [0.5, 0.6) is 0 Å². The van der Waals surface area contributed by atoms with Crippen LogP contribution >= 0.6 is 23.1 Å². The second-order valence-electron chi connectivity index (χ2n) is 2.11. The molecule has 0 amide bonds. The van der Waals surface area contributed by atoms with Crippen LogP contribution < -0.4 is 0 Å². The highest BCUT2D eigenvalue weighted by molar-refractivity contribution is 7.98. The molecule has 0 saturated heterocycles. The average molecular weight is 189 g/mol. The van der Waals surface area contributed by atoms with E-state index in [1.807, 2.05) is 13.2 Å². The second-order valence-corrected chi connectivity index (χ2v) is 3.82. The summed E-state index contributed by atoms with van der Waals surface area (Å²) >= 11 is 3.31. The number of rotatable bonds is 3. The van der Waals surface area contributed by atoms with Crippen LogP contribution in [0.15, 0.2) is 10.4 Å². The zero-order valence-electron chi connectivity index (χ0n) is 6.83. The maximum absolute atomic E-state index is 5.13. The van der Waals surface area contributed by atoms with Crippen LogP contribution in [0.2, 0.25) is 0 Å². The number of nitrogens with zero attached hydrogens (tertiary/aromatic N) is 1. The van der Waals surface area contributed by atoms with Gasteiger partial charge >= 0.3 is 0 Å². The minimum absolute atomic E-state index is 0.126. The predicted octanol–water partition coefficient (Wildman–Crippen LogP) is 2.57. The average Bonchev–Trinajstić information content (AvgIpc) is 2.50. The second kappa shape index (κ2) is 4.09. The van der Waals surface area contributed by atoms with Crippen LogP contribution in [0.4, 0.5) is 0 Å². The normalized spacial score (nSPS) is 13.4. The van der Waals surface area contributed by atoms with Crippen LogP contribution in [-0.4, -0.2) is 18.3 Å². The Labute approximate surface area is 75.0 Å². The van der Waals surface area contributed by atoms with Crippen LogP contribution in [0, 0.1) is 0 Å². The molecule has 1 heterocycles. The molecule has 1 aromatic heterocycles. The Morgan fingerprint density at radius 3 is 2.91 bits per heavy atom. The highest BCUT2D eigenvalue weighted by atomic mass is 32.2. The molecule has 0 N–H and O–H groups in total. The van der Waals surface area contributed by atoms with Crippen molar-refractivity contribution in [3.05, 3.63) is 10.4 Å². The first-order chi connectivity index (χ1) is 5.27. The molecule has 0 aliphatic rings. The first kappa shape index (κ1) is 9.03. The number of aromatic nitrogens is 1. The standard InChI is InChI=1S/C7H11NOS2/c1-5(9-2)7-8-6(10-3)4-11-7/h4-5H,1-3H3. The molecule has 0 aliphatic carbocycles. The fourth-order valence-electron chi connectivity index (χ4n) is 0.653. The van der Waals surface area contributed by atoms with Crippen molar-refractivity contribution in [1.29, 1.82) is 0 Å². The van der Waals surface area contributed by atoms with Gasteiger partial charge in [-0.25, -0.2) is 4.98 Å². The highest BCUT2D eigenvalue weighted by Crippen LogP contribution is 2.24. The van der Waals surface area contributed by atoms with Gasteiger partial charge in [-0.05, 0) is 13.2 Å². The van der Waals surface area contributed by atoms with Gasteiger partial charge in [0.25, 0.3) is 0 Å². The Bertz CT molecular complexity index is 224. The number of methoxy groups -OCH3 is 1. The van der Waals surface area contributed by atoms with Gasteiger partial charge in [0.05, 0.1) is 0 Å². The van der Waals surface area contributed by atoms with Gasteiger partial charge in [-0.1, -0.05) is 0 Å². The van der Waals surface area contributed by atoms with Crippen molar-refractivity contribution in [3.63, 3.8) is 0 Å². The summed E-state index contributed by atoms with van der Waals surface area (Å²) in [5.74, 6) is 0. The van der Waals surface area contributed by atoms with E-state index in [4.69, 9.17) is 4.74 Å². The summed E-state index contributed by atoms with van der Waals surface area (Å²) in [6.07, 6.45) is 2.15. The van der Waals surface area contributed by atoms with Crippen molar-refractivity contribution in [2.75, 3.05) is 13.4 Å². The molecule has 0 saturated carbocycles. The minimum atomic E-state index is 0.126. The quantitative estimate of drug-likeness (QED) is 0.682. The number of hydrogen-bond acceptors (Lipinski definition) is 4. The Balaban J connectivity index is 2.71. The van der Waals surface area contributed by atoms with Crippen LogP contribution in [0.3, 0.4) is 0 Å². The molecular formula is C7H11NOS2. The van der Waals surface area contributed by atoms with Gasteiger partial charge in [0.2, 0.25) is 0 Å². The lowest BCUT2D eigenvalue weighted by Gasteiger charge is -2.03. The number of hydrogen-bond donors (Lipinski definition) is 0. The molecule has 4 heteroatoms. The minimum Gasteiger partial charge on any atom is -0.375 e. The maximum Gasteiger partial charge on any atom is 0.123 e. The van der Waals surface area contributed by atoms with E-state index in [0.29, 0.717) is 0 Å². The molecule has 0 radical (unpaired) electrons. The maximum atomic E-state index is 5.13. The van der Waals surface area contributed by atoms with Gasteiger partial charge in [0.15, 0.2) is 0 Å². The molecule has 0 aromatic carbocycles. The smallest absolute Gasteiger partial charge is 0.123 e. The van der Waals surface area contributed by atoms with E-state index in [0.717, 1.165) is 10.0 Å². The third-order valence-corrected chi connectivity index (χ3v) is 3.19. The molecular weight excluding hydrogens is 178 g/mol. The summed E-state index contributed by atoms with van der Waals surface area (Å²) in [4.78, 5) is 4.36. The SMILES string of the molecule is COC(C)c1nc(SC)cs1. The van der Waals surface area contributed by atoms with E-state index in [1.165, 1.54) is 0 Å². The molecule has 0 fully saturated rings. The Kier molecular flexibility index (Phi) is 3.36. The molecule has 1 unspecified atom stereocenters. The lowest BCUT2D eigenvalue weighted by atomic mass is 10.4. The lowest BCUT2D eigenvalue weighted by molar-refractivity contribution is 0.119. The molecule has 11 heavy (non-hydrogen) atoms. The molecule has 62 valence electrons. The Morgan fingerprint density at radius 1 is 1.73 bits per heavy atom. The summed E-state index contributed by atoms with van der Waals surface area (Å²) < 4.78 is 5.13. The van der Waals surface area contributed by atoms with Gasteiger partial charge in [-0.3, -0.25) is 0 Å². The molecule has 2 nitrogen and oxygen atoms in total. The van der Waals surface area contributed by atoms with E-state index in [1.54, 1.807) is 30.2 Å². The fourth-order valence-corrected chi connectivity index (χ4v) is 2.14. The lowest BCUT2D eigenvalue weighted by Crippen LogP contribution is -1.93. The summed E-state index contributed by atoms with van der Waals surface area (Å²) in [5.41, 5.74) is 0. The predicted molar refractivity (Wildman–Crippen MR) is 49.3 cm³/mol. The summed E-state index contributed by atoms with van der Waals surface area (Å²) in [5, 5.41) is 4.18. The van der Waals surface area contributed by atoms with Crippen molar-refractivity contribution in [1.82, 2.24) is 4.98 Å². The van der Waals surface area contributed by atoms with Crippen molar-refractivity contribution < 1.29 is 4.74 Å². The van der Waals surface area contributed by atoms with Crippen LogP contribution in [-0.2, 0) is 4.74 Å². The zero-order valence-corrected chi connectivity index (χ0v) is 8.46. The molecule has 1 rings (SSSR count). The first-order valence-corrected chi connectivity index (χ1v) is 5.40. The highest BCUT2D eigenvalue weighted by Gasteiger charge is 2.07. The van der Waals surface area contributed by atoms with Gasteiger partial charge in [0.1, 0.15) is 16.1 Å². The third-order valence-electron chi connectivity index (χ3n) is 1.41. The van der Waals surface area contributed by atoms with Crippen molar-refractivity contribution in [2.24, 2.45) is 0 Å². The number of ether oxygens (including phenoxy) is 1. The first-order valence-electron chi connectivity index (χ1n) is 3.30. The van der Waals surface area contributed by atoms with Crippen molar-refractivity contribution >= 4 is 23.1 Å². The van der Waals surface area contributed by atoms with Crippen LogP contribution in [0.1, 0.15) is 18.0 Å². The summed E-state index contributed by atoms with van der Waals surface area (Å²) in [6, 6.07) is 0. The fraction of sp³-hybridized carbons (Fsp3) is 0.571. The third kappa shape index (κ3) is 2.18. The molecule has 0 bridgehead atoms. The topological polar surface area (TPSA) is 22.1 Å². The molecule has 0 aliphatic heterocycles. The van der Waals surface area contributed by atoms with E-state index in [-0.39, 0.29) is 6.10 Å². The molecule has 1 atom stereocenters. The van der Waals surface area contributed by atoms with E-state index in [2.05, 4.69) is 10.4 Å². The van der Waals surface area contributed by atoms with Gasteiger partial charge < -0.3 is 4.74 Å². The van der Waals surface area contributed by atoms with Gasteiger partial charge in [-0.15, -0.1) is 23.1 Å². The van der Waals surface area contributed by atoms with E-state index >= 15 is 0 Å². The number of thioether (sulfide) groups is 1. The number of thiazole rings is 1. The van der Waals surface area contributed by atoms with Crippen molar-refractivity contribution in [3.8, 4) is 0 Å². The van der Waals surface area contributed by atoms with Gasteiger partial charge in [0, 0.05) is 12.5 Å². The summed E-state index contributed by atoms with van der Waals surface area (Å²) in [6.45, 7) is 2.00. The van der Waals surface area contributed by atoms with Crippen molar-refractivity contribution in [2.45, 2.75) is 18.1 Å². The Hall–Kier alpha value is -0.0600. The Morgan fingerprint density at radius 2 is 2.45 bits per heavy atom. The van der Waals surface area contributed by atoms with Gasteiger partial charge in [-0.2, -0.15) is 0 Å². The van der Waals surface area contributed by atoms with Crippen LogP contribution in [0.25, 0.3) is 0 Å². The largest absolute Gasteiger partial charge is 0.375 e. The monoisotopic (exact) mass is 189 g/mol. The van der Waals surface area contributed by atoms with E-state index in [9.17, 15) is 0 Å².